The molecule has 0 bridgehead atoms. The van der Waals surface area contributed by atoms with Crippen LogP contribution in [0.2, 0.25) is 0 Å². The Bertz CT molecular complexity index is 760. The second kappa shape index (κ2) is 7.08. The van der Waals surface area contributed by atoms with Crippen LogP contribution in [0.4, 0.5) is 5.69 Å². The predicted molar refractivity (Wildman–Crippen MR) is 94.0 cm³/mol. The van der Waals surface area contributed by atoms with Crippen LogP contribution in [0.25, 0.3) is 0 Å². The van der Waals surface area contributed by atoms with Gasteiger partial charge < -0.3 is 5.32 Å². The second-order valence-electron chi connectivity index (χ2n) is 5.95. The third kappa shape index (κ3) is 4.29. The van der Waals surface area contributed by atoms with Crippen molar-refractivity contribution < 1.29 is 9.59 Å². The van der Waals surface area contributed by atoms with Gasteiger partial charge in [-0.25, -0.2) is 5.43 Å². The maximum atomic E-state index is 12.0. The smallest absolute Gasteiger partial charge is 0.271 e. The van der Waals surface area contributed by atoms with Crippen molar-refractivity contribution in [2.45, 2.75) is 19.8 Å². The molecule has 122 valence electrons. The van der Waals surface area contributed by atoms with Crippen LogP contribution in [0.5, 0.6) is 0 Å². The van der Waals surface area contributed by atoms with E-state index in [1.54, 1.807) is 30.5 Å². The molecular formula is C19H19N3O2. The third-order valence-corrected chi connectivity index (χ3v) is 3.82. The van der Waals surface area contributed by atoms with Crippen molar-refractivity contribution in [3.05, 3.63) is 65.2 Å². The highest BCUT2D eigenvalue weighted by molar-refractivity contribution is 5.97. The number of aryl methyl sites for hydroxylation is 1. The molecule has 3 rings (SSSR count). The van der Waals surface area contributed by atoms with E-state index in [-0.39, 0.29) is 17.7 Å². The summed E-state index contributed by atoms with van der Waals surface area (Å²) in [5, 5.41) is 6.79. The molecule has 2 amide bonds. The number of hydrazone groups is 1. The molecule has 0 radical (unpaired) electrons. The summed E-state index contributed by atoms with van der Waals surface area (Å²) in [6.07, 6.45) is 3.53. The van der Waals surface area contributed by atoms with Crippen molar-refractivity contribution in [3.63, 3.8) is 0 Å². The summed E-state index contributed by atoms with van der Waals surface area (Å²) < 4.78 is 0. The first-order valence-corrected chi connectivity index (χ1v) is 7.93. The summed E-state index contributed by atoms with van der Waals surface area (Å²) in [4.78, 5) is 23.7. The van der Waals surface area contributed by atoms with Crippen molar-refractivity contribution in [1.29, 1.82) is 0 Å². The normalized spacial score (nSPS) is 13.7. The molecule has 2 aromatic rings. The van der Waals surface area contributed by atoms with E-state index < -0.39 is 0 Å². The standard InChI is InChI=1S/C19H19N3O2/c1-13-2-4-14(5-3-13)12-20-22-19(24)16-8-10-17(11-9-16)21-18(23)15-6-7-15/h2-5,8-12,15H,6-7H2,1H3,(H,21,23)(H,22,24). The minimum absolute atomic E-state index is 0.0508. The fourth-order valence-corrected chi connectivity index (χ4v) is 2.18. The fourth-order valence-electron chi connectivity index (χ4n) is 2.18. The Morgan fingerprint density at radius 1 is 1.04 bits per heavy atom. The molecule has 0 aliphatic heterocycles. The molecule has 1 fully saturated rings. The lowest BCUT2D eigenvalue weighted by Gasteiger charge is -2.05. The Kier molecular flexibility index (Phi) is 4.70. The summed E-state index contributed by atoms with van der Waals surface area (Å²) in [5.74, 6) is -0.0857. The van der Waals surface area contributed by atoms with Crippen LogP contribution in [0.15, 0.2) is 53.6 Å². The molecule has 1 aliphatic rings. The summed E-state index contributed by atoms with van der Waals surface area (Å²) in [7, 11) is 0. The Labute approximate surface area is 140 Å². The zero-order chi connectivity index (χ0) is 16.9. The Hall–Kier alpha value is -2.95. The van der Waals surface area contributed by atoms with E-state index >= 15 is 0 Å². The topological polar surface area (TPSA) is 70.6 Å². The van der Waals surface area contributed by atoms with E-state index in [9.17, 15) is 9.59 Å². The molecule has 0 unspecified atom stereocenters. The van der Waals surface area contributed by atoms with Gasteiger partial charge in [0.1, 0.15) is 0 Å². The maximum Gasteiger partial charge on any atom is 0.271 e. The summed E-state index contributed by atoms with van der Waals surface area (Å²) in [6, 6.07) is 14.6. The molecule has 0 aromatic heterocycles. The van der Waals surface area contributed by atoms with Crippen LogP contribution >= 0.6 is 0 Å². The molecule has 0 heterocycles. The SMILES string of the molecule is Cc1ccc(C=NNC(=O)c2ccc(NC(=O)C3CC3)cc2)cc1. The van der Waals surface area contributed by atoms with Gasteiger partial charge in [0.15, 0.2) is 0 Å². The lowest BCUT2D eigenvalue weighted by Crippen LogP contribution is -2.18. The predicted octanol–water partition coefficient (Wildman–Crippen LogP) is 3.11. The van der Waals surface area contributed by atoms with Crippen LogP contribution in [-0.2, 0) is 4.79 Å². The average molecular weight is 321 g/mol. The average Bonchev–Trinajstić information content (AvgIpc) is 3.42. The highest BCUT2D eigenvalue weighted by atomic mass is 16.2. The number of nitrogens with one attached hydrogen (secondary N) is 2. The van der Waals surface area contributed by atoms with Crippen LogP contribution < -0.4 is 10.7 Å². The molecule has 0 spiro atoms. The first-order valence-electron chi connectivity index (χ1n) is 7.93. The van der Waals surface area contributed by atoms with Crippen LogP contribution in [0.1, 0.15) is 34.3 Å². The van der Waals surface area contributed by atoms with Gasteiger partial charge in [0.25, 0.3) is 5.91 Å². The molecular weight excluding hydrogens is 302 g/mol. The minimum atomic E-state index is -0.293. The Morgan fingerprint density at radius 2 is 1.71 bits per heavy atom. The Morgan fingerprint density at radius 3 is 2.33 bits per heavy atom. The lowest BCUT2D eigenvalue weighted by atomic mass is 10.2. The summed E-state index contributed by atoms with van der Waals surface area (Å²) >= 11 is 0. The number of amides is 2. The van der Waals surface area contributed by atoms with E-state index in [1.807, 2.05) is 31.2 Å². The molecule has 1 saturated carbocycles. The molecule has 0 atom stereocenters. The lowest BCUT2D eigenvalue weighted by molar-refractivity contribution is -0.117. The largest absolute Gasteiger partial charge is 0.326 e. The van der Waals surface area contributed by atoms with Gasteiger partial charge in [0.05, 0.1) is 6.21 Å². The molecule has 5 heteroatoms. The number of hydrogen-bond acceptors (Lipinski definition) is 3. The molecule has 1 aliphatic carbocycles. The number of rotatable bonds is 5. The number of benzene rings is 2. The number of hydrogen-bond donors (Lipinski definition) is 2. The van der Waals surface area contributed by atoms with Crippen molar-refractivity contribution in [2.75, 3.05) is 5.32 Å². The third-order valence-electron chi connectivity index (χ3n) is 3.82. The minimum Gasteiger partial charge on any atom is -0.326 e. The fraction of sp³-hybridized carbons (Fsp3) is 0.211. The van der Waals surface area contributed by atoms with Crippen molar-refractivity contribution in [3.8, 4) is 0 Å². The van der Waals surface area contributed by atoms with E-state index in [4.69, 9.17) is 0 Å². The zero-order valence-corrected chi connectivity index (χ0v) is 13.5. The maximum absolute atomic E-state index is 12.0. The number of carbonyl (C=O) groups is 2. The van der Waals surface area contributed by atoms with Crippen molar-refractivity contribution >= 4 is 23.7 Å². The summed E-state index contributed by atoms with van der Waals surface area (Å²) in [6.45, 7) is 2.01. The second-order valence-corrected chi connectivity index (χ2v) is 5.95. The van der Waals surface area contributed by atoms with Gasteiger partial charge >= 0.3 is 0 Å². The van der Waals surface area contributed by atoms with Crippen molar-refractivity contribution in [1.82, 2.24) is 5.43 Å². The molecule has 2 aromatic carbocycles. The highest BCUT2D eigenvalue weighted by Crippen LogP contribution is 2.30. The number of carbonyl (C=O) groups excluding carboxylic acids is 2. The highest BCUT2D eigenvalue weighted by Gasteiger charge is 2.29. The van der Waals surface area contributed by atoms with E-state index in [0.29, 0.717) is 11.3 Å². The summed E-state index contributed by atoms with van der Waals surface area (Å²) in [5.41, 5.74) is 5.77. The molecule has 2 N–H and O–H groups in total. The van der Waals surface area contributed by atoms with E-state index in [1.165, 1.54) is 5.56 Å². The van der Waals surface area contributed by atoms with Gasteiger partial charge in [-0.3, -0.25) is 9.59 Å². The first kappa shape index (κ1) is 15.9. The van der Waals surface area contributed by atoms with Gasteiger partial charge in [-0.1, -0.05) is 29.8 Å². The van der Waals surface area contributed by atoms with Gasteiger partial charge in [-0.05, 0) is 49.6 Å². The molecule has 0 saturated heterocycles. The van der Waals surface area contributed by atoms with Crippen molar-refractivity contribution in [2.24, 2.45) is 11.0 Å². The molecule has 24 heavy (non-hydrogen) atoms. The van der Waals surface area contributed by atoms with E-state index in [0.717, 1.165) is 18.4 Å². The van der Waals surface area contributed by atoms with Crippen LogP contribution in [0, 0.1) is 12.8 Å². The van der Waals surface area contributed by atoms with Crippen LogP contribution in [-0.4, -0.2) is 18.0 Å². The quantitative estimate of drug-likeness (QED) is 0.656. The van der Waals surface area contributed by atoms with Gasteiger partial charge in [0, 0.05) is 17.2 Å². The first-order chi connectivity index (χ1) is 11.6. The van der Waals surface area contributed by atoms with Gasteiger partial charge in [-0.2, -0.15) is 5.10 Å². The number of nitrogens with zero attached hydrogens (tertiary/aromatic N) is 1. The monoisotopic (exact) mass is 321 g/mol. The molecule has 5 nitrogen and oxygen atoms in total. The Balaban J connectivity index is 1.54. The zero-order valence-electron chi connectivity index (χ0n) is 13.5. The van der Waals surface area contributed by atoms with E-state index in [2.05, 4.69) is 15.8 Å². The van der Waals surface area contributed by atoms with Gasteiger partial charge in [0.2, 0.25) is 5.91 Å². The van der Waals surface area contributed by atoms with Crippen LogP contribution in [0.3, 0.4) is 0 Å². The number of anilines is 1. The van der Waals surface area contributed by atoms with Gasteiger partial charge in [-0.15, -0.1) is 0 Å².